The molecule has 0 saturated carbocycles. The highest BCUT2D eigenvalue weighted by Crippen LogP contribution is 2.06. The van der Waals surface area contributed by atoms with Crippen LogP contribution in [0.15, 0.2) is 12.5 Å². The van der Waals surface area contributed by atoms with Crippen LogP contribution in [-0.2, 0) is 35.2 Å². The Balaban J connectivity index is 3.06. The van der Waals surface area contributed by atoms with Gasteiger partial charge in [0.25, 0.3) is 0 Å². The second-order valence-electron chi connectivity index (χ2n) is 7.96. The number of aromatic nitrogens is 2. The van der Waals surface area contributed by atoms with Crippen molar-refractivity contribution >= 4 is 35.6 Å². The predicted octanol–water partition coefficient (Wildman–Crippen LogP) is -3.70. The van der Waals surface area contributed by atoms with Gasteiger partial charge >= 0.3 is 11.9 Å². The first-order chi connectivity index (χ1) is 16.9. The number of carboxylic acid groups (broad SMARTS) is 2. The lowest BCUT2D eigenvalue weighted by atomic mass is 10.0. The van der Waals surface area contributed by atoms with Crippen LogP contribution in [0.25, 0.3) is 0 Å². The summed E-state index contributed by atoms with van der Waals surface area (Å²) in [5, 5.41) is 25.1. The molecule has 4 unspecified atom stereocenters. The third-order valence-electron chi connectivity index (χ3n) is 4.94. The summed E-state index contributed by atoms with van der Waals surface area (Å²) in [6, 6.07) is -5.58. The number of nitrogens with zero attached hydrogens (tertiary/aromatic N) is 1. The first kappa shape index (κ1) is 30.0. The lowest BCUT2D eigenvalue weighted by Gasteiger charge is -2.25. The minimum absolute atomic E-state index is 0.0704. The van der Waals surface area contributed by atoms with Crippen molar-refractivity contribution in [3.8, 4) is 0 Å². The molecule has 16 nitrogen and oxygen atoms in total. The molecule has 0 aliphatic rings. The number of primary amides is 1. The summed E-state index contributed by atoms with van der Waals surface area (Å²) in [4.78, 5) is 78.2. The average Bonchev–Trinajstić information content (AvgIpc) is 3.29. The van der Waals surface area contributed by atoms with Crippen molar-refractivity contribution < 1.29 is 39.0 Å². The van der Waals surface area contributed by atoms with Crippen molar-refractivity contribution in [1.29, 1.82) is 0 Å². The van der Waals surface area contributed by atoms with Crippen LogP contribution in [0.2, 0.25) is 0 Å². The maximum absolute atomic E-state index is 13.1. The van der Waals surface area contributed by atoms with E-state index in [1.165, 1.54) is 12.5 Å². The quantitative estimate of drug-likeness (QED) is 0.0915. The molecular formula is C20H32N8O8. The zero-order valence-electron chi connectivity index (χ0n) is 19.4. The largest absolute Gasteiger partial charge is 0.481 e. The molecule has 0 bridgehead atoms. The number of imidazole rings is 1. The summed E-state index contributed by atoms with van der Waals surface area (Å²) >= 11 is 0. The van der Waals surface area contributed by atoms with Gasteiger partial charge in [-0.25, -0.2) is 9.78 Å². The fourth-order valence-corrected chi connectivity index (χ4v) is 3.09. The van der Waals surface area contributed by atoms with Gasteiger partial charge < -0.3 is 48.3 Å². The SMILES string of the molecule is NCCCCC(NC(=O)C(Cc1cnc[nH]1)NC(=O)C(N)CC(=O)O)C(=O)NC(CC(N)=O)C(=O)O. The lowest BCUT2D eigenvalue weighted by Crippen LogP contribution is -2.58. The molecule has 1 aromatic heterocycles. The van der Waals surface area contributed by atoms with Crippen molar-refractivity contribution in [2.75, 3.05) is 6.54 Å². The van der Waals surface area contributed by atoms with Gasteiger partial charge in [-0.05, 0) is 25.8 Å². The topological polar surface area (TPSA) is 286 Å². The van der Waals surface area contributed by atoms with E-state index < -0.39 is 72.6 Å². The number of rotatable bonds is 17. The van der Waals surface area contributed by atoms with Crippen molar-refractivity contribution in [2.24, 2.45) is 17.2 Å². The van der Waals surface area contributed by atoms with Crippen molar-refractivity contribution in [3.63, 3.8) is 0 Å². The minimum Gasteiger partial charge on any atom is -0.481 e. The van der Waals surface area contributed by atoms with Gasteiger partial charge in [-0.3, -0.25) is 24.0 Å². The number of carboxylic acids is 2. The van der Waals surface area contributed by atoms with Crippen LogP contribution in [0.5, 0.6) is 0 Å². The number of nitrogens with two attached hydrogens (primary N) is 3. The Morgan fingerprint density at radius 2 is 1.53 bits per heavy atom. The van der Waals surface area contributed by atoms with Gasteiger partial charge in [-0.1, -0.05) is 0 Å². The van der Waals surface area contributed by atoms with Crippen LogP contribution in [0.1, 0.15) is 37.8 Å². The molecule has 4 amide bonds. The predicted molar refractivity (Wildman–Crippen MR) is 123 cm³/mol. The Labute approximate surface area is 205 Å². The molecule has 1 heterocycles. The third kappa shape index (κ3) is 10.9. The molecule has 16 heteroatoms. The maximum Gasteiger partial charge on any atom is 0.326 e. The van der Waals surface area contributed by atoms with E-state index in [0.29, 0.717) is 25.1 Å². The van der Waals surface area contributed by atoms with Gasteiger partial charge in [0.1, 0.15) is 18.1 Å². The first-order valence-electron chi connectivity index (χ1n) is 11.0. The van der Waals surface area contributed by atoms with Crippen LogP contribution in [-0.4, -0.2) is 86.5 Å². The summed E-state index contributed by atoms with van der Waals surface area (Å²) < 4.78 is 0. The van der Waals surface area contributed by atoms with Crippen LogP contribution >= 0.6 is 0 Å². The van der Waals surface area contributed by atoms with Crippen LogP contribution in [0, 0.1) is 0 Å². The minimum atomic E-state index is -1.61. The van der Waals surface area contributed by atoms with Crippen LogP contribution in [0.3, 0.4) is 0 Å². The number of aliphatic carboxylic acids is 2. The Bertz CT molecular complexity index is 923. The third-order valence-corrected chi connectivity index (χ3v) is 4.94. The second kappa shape index (κ2) is 15.0. The molecule has 0 fully saturated rings. The number of hydrogen-bond acceptors (Lipinski definition) is 9. The fourth-order valence-electron chi connectivity index (χ4n) is 3.09. The Morgan fingerprint density at radius 1 is 0.917 bits per heavy atom. The van der Waals surface area contributed by atoms with Gasteiger partial charge in [0.2, 0.25) is 23.6 Å². The van der Waals surface area contributed by atoms with E-state index in [1.807, 2.05) is 0 Å². The number of aromatic amines is 1. The number of carbonyl (C=O) groups is 6. The van der Waals surface area contributed by atoms with E-state index in [1.54, 1.807) is 0 Å². The number of H-pyrrole nitrogens is 1. The zero-order valence-corrected chi connectivity index (χ0v) is 19.4. The van der Waals surface area contributed by atoms with E-state index in [0.717, 1.165) is 0 Å². The normalized spacial score (nSPS) is 14.1. The number of unbranched alkanes of at least 4 members (excludes halogenated alkanes) is 1. The fraction of sp³-hybridized carbons (Fsp3) is 0.550. The van der Waals surface area contributed by atoms with E-state index in [2.05, 4.69) is 25.9 Å². The van der Waals surface area contributed by atoms with Crippen LogP contribution < -0.4 is 33.2 Å². The van der Waals surface area contributed by atoms with Gasteiger partial charge in [-0.15, -0.1) is 0 Å². The van der Waals surface area contributed by atoms with Gasteiger partial charge in [0.05, 0.1) is 25.2 Å². The number of nitrogens with one attached hydrogen (secondary N) is 4. The Hall–Kier alpha value is -4.05. The van der Waals surface area contributed by atoms with E-state index in [9.17, 15) is 33.9 Å². The molecule has 12 N–H and O–H groups in total. The summed E-state index contributed by atoms with van der Waals surface area (Å²) in [6.45, 7) is 0.307. The highest BCUT2D eigenvalue weighted by atomic mass is 16.4. The van der Waals surface area contributed by atoms with E-state index in [-0.39, 0.29) is 12.8 Å². The number of carbonyl (C=O) groups excluding carboxylic acids is 4. The maximum atomic E-state index is 13.1. The molecule has 0 saturated heterocycles. The zero-order chi connectivity index (χ0) is 27.3. The molecule has 200 valence electrons. The van der Waals surface area contributed by atoms with Crippen molar-refractivity contribution in [1.82, 2.24) is 25.9 Å². The highest BCUT2D eigenvalue weighted by Gasteiger charge is 2.31. The second-order valence-corrected chi connectivity index (χ2v) is 7.96. The van der Waals surface area contributed by atoms with Crippen LogP contribution in [0.4, 0.5) is 0 Å². The van der Waals surface area contributed by atoms with Crippen molar-refractivity contribution in [3.05, 3.63) is 18.2 Å². The van der Waals surface area contributed by atoms with Gasteiger partial charge in [0.15, 0.2) is 0 Å². The molecule has 36 heavy (non-hydrogen) atoms. The summed E-state index contributed by atoms with van der Waals surface area (Å²) in [5.74, 6) is -6.38. The molecule has 1 rings (SSSR count). The molecule has 0 aromatic carbocycles. The standard InChI is InChI=1S/C20H32N8O8/c21-4-2-1-3-12(18(33)28-14(20(35)36)7-15(23)29)26-19(34)13(5-10-8-24-9-25-10)27-17(32)11(22)6-16(30)31/h8-9,11-14H,1-7,21-22H2,(H2,23,29)(H,24,25)(H,26,34)(H,27,32)(H,28,33)(H,30,31)(H,35,36). The molecule has 0 aliphatic carbocycles. The monoisotopic (exact) mass is 512 g/mol. The molecule has 0 aliphatic heterocycles. The molecule has 0 radical (unpaired) electrons. The lowest BCUT2D eigenvalue weighted by molar-refractivity contribution is -0.143. The Morgan fingerprint density at radius 3 is 2.06 bits per heavy atom. The highest BCUT2D eigenvalue weighted by molar-refractivity contribution is 5.95. The molecule has 4 atom stereocenters. The Kier molecular flexibility index (Phi) is 12.5. The van der Waals surface area contributed by atoms with E-state index in [4.69, 9.17) is 22.3 Å². The van der Waals surface area contributed by atoms with Gasteiger partial charge in [-0.2, -0.15) is 0 Å². The molecular weight excluding hydrogens is 480 g/mol. The summed E-state index contributed by atoms with van der Waals surface area (Å²) in [7, 11) is 0. The first-order valence-corrected chi connectivity index (χ1v) is 11.0. The number of amides is 4. The average molecular weight is 513 g/mol. The van der Waals surface area contributed by atoms with Gasteiger partial charge in [0, 0.05) is 18.3 Å². The summed E-state index contributed by atoms with van der Waals surface area (Å²) in [6.07, 6.45) is 2.27. The number of hydrogen-bond donors (Lipinski definition) is 9. The molecule has 0 spiro atoms. The van der Waals surface area contributed by atoms with Crippen molar-refractivity contribution in [2.45, 2.75) is 62.7 Å². The smallest absolute Gasteiger partial charge is 0.326 e. The summed E-state index contributed by atoms with van der Waals surface area (Å²) in [5.41, 5.74) is 16.5. The van der Waals surface area contributed by atoms with E-state index >= 15 is 0 Å². The molecule has 1 aromatic rings.